The van der Waals surface area contributed by atoms with E-state index < -0.39 is 0 Å². The number of benzene rings is 1. The van der Waals surface area contributed by atoms with Crippen molar-refractivity contribution >= 4 is 18.5 Å². The van der Waals surface area contributed by atoms with Gasteiger partial charge in [0.2, 0.25) is 6.79 Å². The molecule has 2 aliphatic rings. The van der Waals surface area contributed by atoms with Gasteiger partial charge in [-0.15, -0.1) is 12.4 Å². The minimum Gasteiger partial charge on any atom is -0.454 e. The fraction of sp³-hybridized carbons (Fsp3) is 0.429. The summed E-state index contributed by atoms with van der Waals surface area (Å²) >= 11 is 0. The molecule has 1 atom stereocenters. The van der Waals surface area contributed by atoms with Crippen LogP contribution in [0.3, 0.4) is 0 Å². The zero-order valence-electron chi connectivity index (χ0n) is 10.4. The van der Waals surface area contributed by atoms with Crippen molar-refractivity contribution in [3.05, 3.63) is 29.3 Å². The van der Waals surface area contributed by atoms with Gasteiger partial charge in [-0.05, 0) is 37.3 Å². The fourth-order valence-corrected chi connectivity index (χ4v) is 2.15. The molecule has 1 aliphatic heterocycles. The van der Waals surface area contributed by atoms with Crippen LogP contribution in [-0.2, 0) is 0 Å². The first-order valence-corrected chi connectivity index (χ1v) is 6.12. The highest BCUT2D eigenvalue weighted by Gasteiger charge is 2.23. The summed E-state index contributed by atoms with van der Waals surface area (Å²) in [4.78, 5) is 0. The number of hydrogen-bond donors (Lipinski definition) is 1. The van der Waals surface area contributed by atoms with Crippen molar-refractivity contribution in [1.29, 1.82) is 0 Å². The SMILES string of the molecule is C[C@H](N)c1c(/C=C/C2CC2)ccc2c1OCO2.Cl. The molecule has 1 aromatic rings. The van der Waals surface area contributed by atoms with Crippen molar-refractivity contribution in [2.24, 2.45) is 11.7 Å². The minimum atomic E-state index is -0.0505. The van der Waals surface area contributed by atoms with Crippen LogP contribution < -0.4 is 15.2 Å². The van der Waals surface area contributed by atoms with E-state index in [9.17, 15) is 0 Å². The maximum absolute atomic E-state index is 6.04. The van der Waals surface area contributed by atoms with E-state index in [2.05, 4.69) is 18.2 Å². The van der Waals surface area contributed by atoms with Crippen molar-refractivity contribution < 1.29 is 9.47 Å². The molecule has 3 rings (SSSR count). The molecule has 1 heterocycles. The summed E-state index contributed by atoms with van der Waals surface area (Å²) < 4.78 is 10.9. The Hall–Kier alpha value is -1.19. The van der Waals surface area contributed by atoms with Crippen molar-refractivity contribution in [3.63, 3.8) is 0 Å². The molecule has 0 amide bonds. The Morgan fingerprint density at radius 2 is 2.11 bits per heavy atom. The second kappa shape index (κ2) is 5.21. The molecule has 1 saturated carbocycles. The zero-order chi connectivity index (χ0) is 11.8. The summed E-state index contributed by atoms with van der Waals surface area (Å²) in [5.74, 6) is 2.39. The van der Waals surface area contributed by atoms with E-state index in [0.717, 1.165) is 28.5 Å². The van der Waals surface area contributed by atoms with Gasteiger partial charge in [0.15, 0.2) is 11.5 Å². The molecular weight excluding hydrogens is 250 g/mol. The number of hydrogen-bond acceptors (Lipinski definition) is 3. The predicted octanol–water partition coefficient (Wildman–Crippen LogP) is 3.28. The van der Waals surface area contributed by atoms with Gasteiger partial charge in [-0.3, -0.25) is 0 Å². The van der Waals surface area contributed by atoms with Gasteiger partial charge in [0, 0.05) is 11.6 Å². The Labute approximate surface area is 113 Å². The molecule has 18 heavy (non-hydrogen) atoms. The van der Waals surface area contributed by atoms with E-state index in [4.69, 9.17) is 15.2 Å². The summed E-state index contributed by atoms with van der Waals surface area (Å²) in [5, 5.41) is 0. The van der Waals surface area contributed by atoms with E-state index in [1.807, 2.05) is 13.0 Å². The molecule has 0 aromatic heterocycles. The Morgan fingerprint density at radius 1 is 1.33 bits per heavy atom. The highest BCUT2D eigenvalue weighted by atomic mass is 35.5. The molecule has 3 nitrogen and oxygen atoms in total. The molecule has 0 radical (unpaired) electrons. The summed E-state index contributed by atoms with van der Waals surface area (Å²) in [6.07, 6.45) is 7.06. The smallest absolute Gasteiger partial charge is 0.231 e. The van der Waals surface area contributed by atoms with Gasteiger partial charge >= 0.3 is 0 Å². The van der Waals surface area contributed by atoms with E-state index in [0.29, 0.717) is 6.79 Å². The van der Waals surface area contributed by atoms with E-state index in [1.54, 1.807) is 0 Å². The minimum absolute atomic E-state index is 0. The van der Waals surface area contributed by atoms with E-state index in [-0.39, 0.29) is 18.4 Å². The van der Waals surface area contributed by atoms with Crippen molar-refractivity contribution in [3.8, 4) is 11.5 Å². The molecule has 98 valence electrons. The molecule has 2 N–H and O–H groups in total. The molecule has 4 heteroatoms. The third kappa shape index (κ3) is 2.47. The number of halogens is 1. The molecule has 1 aliphatic carbocycles. The van der Waals surface area contributed by atoms with E-state index in [1.165, 1.54) is 12.8 Å². The summed E-state index contributed by atoms with van der Waals surface area (Å²) in [6, 6.07) is 3.97. The molecule has 1 fully saturated rings. The lowest BCUT2D eigenvalue weighted by Gasteiger charge is -2.13. The lowest BCUT2D eigenvalue weighted by atomic mass is 9.99. The molecule has 1 aromatic carbocycles. The number of ether oxygens (including phenoxy) is 2. The average molecular weight is 268 g/mol. The Bertz CT molecular complexity index is 467. The number of allylic oxidation sites excluding steroid dienone is 1. The van der Waals surface area contributed by atoms with Gasteiger partial charge in [0.25, 0.3) is 0 Å². The van der Waals surface area contributed by atoms with Crippen molar-refractivity contribution in [2.75, 3.05) is 6.79 Å². The first kappa shape index (κ1) is 13.2. The lowest BCUT2D eigenvalue weighted by molar-refractivity contribution is 0.173. The second-order valence-corrected chi connectivity index (χ2v) is 4.79. The van der Waals surface area contributed by atoms with Crippen LogP contribution in [0.5, 0.6) is 11.5 Å². The van der Waals surface area contributed by atoms with E-state index >= 15 is 0 Å². The van der Waals surface area contributed by atoms with Crippen LogP contribution in [0.1, 0.15) is 36.9 Å². The second-order valence-electron chi connectivity index (χ2n) is 4.79. The van der Waals surface area contributed by atoms with Crippen LogP contribution in [-0.4, -0.2) is 6.79 Å². The van der Waals surface area contributed by atoms with Crippen LogP contribution in [0.2, 0.25) is 0 Å². The quantitative estimate of drug-likeness (QED) is 0.914. The standard InChI is InChI=1S/C14H17NO2.ClH/c1-9(15)13-11(5-4-10-2-3-10)6-7-12-14(13)17-8-16-12;/h4-7,9-10H,2-3,8,15H2,1H3;1H/b5-4+;/t9-;/m0./s1. The number of fused-ring (bicyclic) bond motifs is 1. The van der Waals surface area contributed by atoms with Crippen molar-refractivity contribution in [1.82, 2.24) is 0 Å². The van der Waals surface area contributed by atoms with Crippen molar-refractivity contribution in [2.45, 2.75) is 25.8 Å². The average Bonchev–Trinajstić information content (AvgIpc) is 3.01. The maximum atomic E-state index is 6.04. The summed E-state index contributed by atoms with van der Waals surface area (Å²) in [5.41, 5.74) is 8.24. The third-order valence-corrected chi connectivity index (χ3v) is 3.24. The fourth-order valence-electron chi connectivity index (χ4n) is 2.15. The Morgan fingerprint density at radius 3 is 2.78 bits per heavy atom. The summed E-state index contributed by atoms with van der Waals surface area (Å²) in [7, 11) is 0. The highest BCUT2D eigenvalue weighted by molar-refractivity contribution is 5.85. The molecule has 0 spiro atoms. The first-order valence-electron chi connectivity index (χ1n) is 6.12. The predicted molar refractivity (Wildman–Crippen MR) is 74.2 cm³/mol. The van der Waals surface area contributed by atoms with Crippen LogP contribution >= 0.6 is 12.4 Å². The van der Waals surface area contributed by atoms with Gasteiger partial charge in [-0.1, -0.05) is 18.2 Å². The molecule has 0 unspecified atom stereocenters. The maximum Gasteiger partial charge on any atom is 0.231 e. The largest absolute Gasteiger partial charge is 0.454 e. The van der Waals surface area contributed by atoms with Gasteiger partial charge in [-0.25, -0.2) is 0 Å². The zero-order valence-corrected chi connectivity index (χ0v) is 11.2. The van der Waals surface area contributed by atoms with Crippen LogP contribution in [0.25, 0.3) is 6.08 Å². The third-order valence-electron chi connectivity index (χ3n) is 3.24. The van der Waals surface area contributed by atoms with Crippen LogP contribution in [0.15, 0.2) is 18.2 Å². The Kier molecular flexibility index (Phi) is 3.83. The normalized spacial score (nSPS) is 18.8. The lowest BCUT2D eigenvalue weighted by Crippen LogP contribution is -2.08. The van der Waals surface area contributed by atoms with Gasteiger partial charge < -0.3 is 15.2 Å². The van der Waals surface area contributed by atoms with Gasteiger partial charge in [-0.2, -0.15) is 0 Å². The number of rotatable bonds is 3. The van der Waals surface area contributed by atoms with Crippen LogP contribution in [0.4, 0.5) is 0 Å². The molecular formula is C14H18ClNO2. The van der Waals surface area contributed by atoms with Crippen LogP contribution in [0, 0.1) is 5.92 Å². The summed E-state index contributed by atoms with van der Waals surface area (Å²) in [6.45, 7) is 2.27. The Balaban J connectivity index is 0.00000120. The number of nitrogens with two attached hydrogens (primary N) is 1. The molecule has 0 bridgehead atoms. The topological polar surface area (TPSA) is 44.5 Å². The monoisotopic (exact) mass is 267 g/mol. The van der Waals surface area contributed by atoms with Gasteiger partial charge in [0.1, 0.15) is 0 Å². The highest BCUT2D eigenvalue weighted by Crippen LogP contribution is 2.41. The van der Waals surface area contributed by atoms with Gasteiger partial charge in [0.05, 0.1) is 0 Å². The molecule has 0 saturated heterocycles. The first-order chi connectivity index (χ1) is 8.25.